The van der Waals surface area contributed by atoms with Crippen LogP contribution >= 0.6 is 0 Å². The molecule has 0 aliphatic heterocycles. The number of esters is 1. The van der Waals surface area contributed by atoms with E-state index in [-0.39, 0.29) is 5.97 Å². The van der Waals surface area contributed by atoms with Crippen LogP contribution in [0.15, 0.2) is 0 Å². The average molecular weight is 288 g/mol. The Balaban J connectivity index is 4.10. The van der Waals surface area contributed by atoms with Crippen molar-refractivity contribution in [1.82, 2.24) is 10.2 Å². The largest absolute Gasteiger partial charge is 0.465 e. The molecule has 0 aromatic heterocycles. The first-order valence-electron chi connectivity index (χ1n) is 7.68. The maximum Gasteiger partial charge on any atom is 0.326 e. The fraction of sp³-hybridized carbons (Fsp3) is 0.933. The Morgan fingerprint density at radius 3 is 2.45 bits per heavy atom. The number of hydrogen-bond donors (Lipinski definition) is 1. The molecule has 0 heterocycles. The van der Waals surface area contributed by atoms with Crippen LogP contribution in [0.5, 0.6) is 0 Å². The second-order valence-electron chi connectivity index (χ2n) is 5.19. The van der Waals surface area contributed by atoms with Gasteiger partial charge in [0.1, 0.15) is 5.54 Å². The number of ether oxygens (including phenoxy) is 2. The van der Waals surface area contributed by atoms with E-state index in [9.17, 15) is 4.79 Å². The van der Waals surface area contributed by atoms with Crippen molar-refractivity contribution in [3.8, 4) is 0 Å². The van der Waals surface area contributed by atoms with Gasteiger partial charge in [-0.1, -0.05) is 6.92 Å². The zero-order valence-electron chi connectivity index (χ0n) is 13.8. The summed E-state index contributed by atoms with van der Waals surface area (Å²) in [6.45, 7) is 12.3. The van der Waals surface area contributed by atoms with Crippen molar-refractivity contribution in [1.29, 1.82) is 0 Å². The first kappa shape index (κ1) is 19.4. The summed E-state index contributed by atoms with van der Waals surface area (Å²) in [6.07, 6.45) is 1.73. The molecule has 1 atom stereocenters. The van der Waals surface area contributed by atoms with Crippen molar-refractivity contribution >= 4 is 5.97 Å². The van der Waals surface area contributed by atoms with E-state index in [2.05, 4.69) is 17.3 Å². The Labute approximate surface area is 124 Å². The fourth-order valence-electron chi connectivity index (χ4n) is 2.12. The van der Waals surface area contributed by atoms with Crippen LogP contribution in [0.25, 0.3) is 0 Å². The van der Waals surface area contributed by atoms with E-state index < -0.39 is 5.54 Å². The zero-order chi connectivity index (χ0) is 15.4. The maximum absolute atomic E-state index is 12.0. The molecular formula is C15H32N2O3. The molecule has 0 radical (unpaired) electrons. The normalized spacial score (nSPS) is 14.3. The highest BCUT2D eigenvalue weighted by atomic mass is 16.5. The summed E-state index contributed by atoms with van der Waals surface area (Å²) in [4.78, 5) is 14.3. The van der Waals surface area contributed by atoms with Gasteiger partial charge in [0.25, 0.3) is 0 Å². The molecule has 20 heavy (non-hydrogen) atoms. The van der Waals surface area contributed by atoms with E-state index >= 15 is 0 Å². The van der Waals surface area contributed by atoms with Gasteiger partial charge in [-0.25, -0.2) is 0 Å². The number of likely N-dealkylation sites (N-methyl/N-ethyl adjacent to an activating group) is 2. The molecule has 5 heteroatoms. The molecule has 0 spiro atoms. The van der Waals surface area contributed by atoms with E-state index in [0.29, 0.717) is 6.61 Å². The second-order valence-corrected chi connectivity index (χ2v) is 5.19. The van der Waals surface area contributed by atoms with Gasteiger partial charge in [0.2, 0.25) is 0 Å². The van der Waals surface area contributed by atoms with Gasteiger partial charge in [-0.2, -0.15) is 0 Å². The third-order valence-electron chi connectivity index (χ3n) is 3.33. The van der Waals surface area contributed by atoms with Gasteiger partial charge in [0.05, 0.1) is 13.2 Å². The van der Waals surface area contributed by atoms with Gasteiger partial charge in [-0.3, -0.25) is 4.79 Å². The lowest BCUT2D eigenvalue weighted by Crippen LogP contribution is -2.50. The summed E-state index contributed by atoms with van der Waals surface area (Å²) in [5.41, 5.74) is -0.578. The number of carbonyl (C=O) groups excluding carboxylic acids is 1. The van der Waals surface area contributed by atoms with Gasteiger partial charge in [-0.05, 0) is 53.8 Å². The molecule has 0 aromatic carbocycles. The predicted octanol–water partition coefficient (Wildman–Crippen LogP) is 1.67. The van der Waals surface area contributed by atoms with Crippen molar-refractivity contribution in [2.24, 2.45) is 0 Å². The fourth-order valence-corrected chi connectivity index (χ4v) is 2.12. The van der Waals surface area contributed by atoms with Gasteiger partial charge in [0.15, 0.2) is 0 Å². The van der Waals surface area contributed by atoms with Crippen LogP contribution in [0, 0.1) is 0 Å². The van der Waals surface area contributed by atoms with E-state index in [4.69, 9.17) is 9.47 Å². The molecule has 0 fully saturated rings. The molecule has 0 aliphatic carbocycles. The Morgan fingerprint density at radius 1 is 1.20 bits per heavy atom. The molecule has 120 valence electrons. The molecule has 0 aromatic rings. The monoisotopic (exact) mass is 288 g/mol. The summed E-state index contributed by atoms with van der Waals surface area (Å²) in [5, 5.41) is 3.25. The predicted molar refractivity (Wildman–Crippen MR) is 81.9 cm³/mol. The molecule has 0 aliphatic rings. The van der Waals surface area contributed by atoms with E-state index in [1.165, 1.54) is 0 Å². The Hall–Kier alpha value is -0.650. The smallest absolute Gasteiger partial charge is 0.326 e. The summed E-state index contributed by atoms with van der Waals surface area (Å²) >= 11 is 0. The number of hydrogen-bond acceptors (Lipinski definition) is 5. The molecule has 0 rings (SSSR count). The van der Waals surface area contributed by atoms with Crippen molar-refractivity contribution in [3.63, 3.8) is 0 Å². The lowest BCUT2D eigenvalue weighted by atomic mass is 9.95. The van der Waals surface area contributed by atoms with Gasteiger partial charge < -0.3 is 19.7 Å². The lowest BCUT2D eigenvalue weighted by molar-refractivity contribution is -0.150. The van der Waals surface area contributed by atoms with Gasteiger partial charge >= 0.3 is 5.97 Å². The lowest BCUT2D eigenvalue weighted by Gasteiger charge is -2.29. The summed E-state index contributed by atoms with van der Waals surface area (Å²) < 4.78 is 10.5. The first-order chi connectivity index (χ1) is 9.50. The van der Waals surface area contributed by atoms with Crippen molar-refractivity contribution in [2.45, 2.75) is 46.1 Å². The minimum Gasteiger partial charge on any atom is -0.465 e. The Bertz CT molecular complexity index is 262. The zero-order valence-corrected chi connectivity index (χ0v) is 13.8. The standard InChI is InChI=1S/C15H32N2O3/c1-6-16-15(4,14(18)20-8-3)10-9-11-17(5)12-13-19-7-2/h16H,6-13H2,1-5H3. The van der Waals surface area contributed by atoms with Crippen LogP contribution in [0.1, 0.15) is 40.5 Å². The number of nitrogens with zero attached hydrogens (tertiary/aromatic N) is 1. The van der Waals surface area contributed by atoms with Crippen LogP contribution < -0.4 is 5.32 Å². The van der Waals surface area contributed by atoms with E-state index in [1.54, 1.807) is 0 Å². The van der Waals surface area contributed by atoms with Crippen molar-refractivity contribution < 1.29 is 14.3 Å². The third kappa shape index (κ3) is 7.82. The molecule has 0 saturated carbocycles. The SMILES string of the molecule is CCNC(C)(CCCN(C)CCOCC)C(=O)OCC. The van der Waals surface area contributed by atoms with Crippen LogP contribution in [-0.4, -0.2) is 62.9 Å². The highest BCUT2D eigenvalue weighted by Gasteiger charge is 2.33. The molecule has 5 nitrogen and oxygen atoms in total. The number of carbonyl (C=O) groups is 1. The Kier molecular flexibility index (Phi) is 10.7. The molecule has 1 N–H and O–H groups in total. The maximum atomic E-state index is 12.0. The minimum absolute atomic E-state index is 0.154. The third-order valence-corrected chi connectivity index (χ3v) is 3.33. The summed E-state index contributed by atoms with van der Waals surface area (Å²) in [5.74, 6) is -0.154. The van der Waals surface area contributed by atoms with Crippen LogP contribution in [0.4, 0.5) is 0 Å². The molecule has 0 bridgehead atoms. The van der Waals surface area contributed by atoms with Crippen LogP contribution in [0.3, 0.4) is 0 Å². The molecule has 0 amide bonds. The highest BCUT2D eigenvalue weighted by molar-refractivity contribution is 5.80. The minimum atomic E-state index is -0.578. The summed E-state index contributed by atoms with van der Waals surface area (Å²) in [6, 6.07) is 0. The van der Waals surface area contributed by atoms with E-state index in [1.807, 2.05) is 27.7 Å². The number of rotatable bonds is 12. The highest BCUT2D eigenvalue weighted by Crippen LogP contribution is 2.15. The molecular weight excluding hydrogens is 256 g/mol. The topological polar surface area (TPSA) is 50.8 Å². The van der Waals surface area contributed by atoms with Gasteiger partial charge in [0, 0.05) is 13.2 Å². The van der Waals surface area contributed by atoms with Crippen molar-refractivity contribution in [2.75, 3.05) is 46.5 Å². The summed E-state index contributed by atoms with van der Waals surface area (Å²) in [7, 11) is 2.08. The van der Waals surface area contributed by atoms with E-state index in [0.717, 1.165) is 45.7 Å². The molecule has 0 saturated heterocycles. The quantitative estimate of drug-likeness (QED) is 0.437. The molecule has 1 unspecified atom stereocenters. The number of nitrogens with one attached hydrogen (secondary N) is 1. The van der Waals surface area contributed by atoms with Gasteiger partial charge in [-0.15, -0.1) is 0 Å². The van der Waals surface area contributed by atoms with Crippen LogP contribution in [0.2, 0.25) is 0 Å². The second kappa shape index (κ2) is 11.1. The Morgan fingerprint density at radius 2 is 1.90 bits per heavy atom. The van der Waals surface area contributed by atoms with Crippen LogP contribution in [-0.2, 0) is 14.3 Å². The average Bonchev–Trinajstić information content (AvgIpc) is 2.39. The van der Waals surface area contributed by atoms with Crippen molar-refractivity contribution in [3.05, 3.63) is 0 Å². The first-order valence-corrected chi connectivity index (χ1v) is 7.68.